The molecule has 1 aromatic heterocycles. The summed E-state index contributed by atoms with van der Waals surface area (Å²) in [7, 11) is 0. The summed E-state index contributed by atoms with van der Waals surface area (Å²) in [6.45, 7) is 8.72. The van der Waals surface area contributed by atoms with E-state index in [2.05, 4.69) is 40.9 Å². The fourth-order valence-corrected chi connectivity index (χ4v) is 2.40. The highest BCUT2D eigenvalue weighted by molar-refractivity contribution is 4.96. The smallest absolute Gasteiger partial charge is 0.150 e. The van der Waals surface area contributed by atoms with Crippen LogP contribution < -0.4 is 5.32 Å². The molecule has 90 valence electrons. The van der Waals surface area contributed by atoms with Crippen LogP contribution in [-0.4, -0.2) is 27.9 Å². The second-order valence-corrected chi connectivity index (χ2v) is 4.75. The van der Waals surface area contributed by atoms with Crippen LogP contribution in [0, 0.1) is 5.92 Å². The van der Waals surface area contributed by atoms with Crippen LogP contribution in [0.4, 0.5) is 0 Å². The van der Waals surface area contributed by atoms with E-state index in [0.29, 0.717) is 6.04 Å². The van der Waals surface area contributed by atoms with Gasteiger partial charge in [-0.2, -0.15) is 5.10 Å². The Morgan fingerprint density at radius 2 is 2.12 bits per heavy atom. The molecule has 0 saturated carbocycles. The maximum atomic E-state index is 4.62. The van der Waals surface area contributed by atoms with Crippen molar-refractivity contribution in [3.05, 3.63) is 11.6 Å². The second-order valence-electron chi connectivity index (χ2n) is 4.75. The second kappa shape index (κ2) is 4.95. The third kappa shape index (κ3) is 2.26. The number of nitrogens with zero attached hydrogens (tertiary/aromatic N) is 3. The van der Waals surface area contributed by atoms with Gasteiger partial charge in [-0.3, -0.25) is 0 Å². The lowest BCUT2D eigenvalue weighted by atomic mass is 9.98. The van der Waals surface area contributed by atoms with Crippen molar-refractivity contribution in [2.45, 2.75) is 46.1 Å². The molecule has 2 unspecified atom stereocenters. The van der Waals surface area contributed by atoms with Crippen LogP contribution in [0.3, 0.4) is 0 Å². The van der Waals surface area contributed by atoms with Crippen LogP contribution in [0.15, 0.2) is 0 Å². The first-order valence-corrected chi connectivity index (χ1v) is 6.39. The highest BCUT2D eigenvalue weighted by Gasteiger charge is 2.23. The molecular weight excluding hydrogens is 200 g/mol. The number of rotatable bonds is 3. The predicted octanol–water partition coefficient (Wildman–Crippen LogP) is 1.57. The van der Waals surface area contributed by atoms with Crippen LogP contribution in [-0.2, 0) is 12.8 Å². The van der Waals surface area contributed by atoms with Crippen molar-refractivity contribution in [2.75, 3.05) is 13.1 Å². The van der Waals surface area contributed by atoms with Crippen LogP contribution in [0.5, 0.6) is 0 Å². The molecule has 0 aliphatic carbocycles. The van der Waals surface area contributed by atoms with Gasteiger partial charge >= 0.3 is 0 Å². The number of aryl methyl sites for hydroxylation is 2. The summed E-state index contributed by atoms with van der Waals surface area (Å²) >= 11 is 0. The Labute approximate surface area is 97.5 Å². The Hall–Kier alpha value is -0.900. The third-order valence-corrected chi connectivity index (χ3v) is 3.27. The van der Waals surface area contributed by atoms with Crippen LogP contribution in [0.25, 0.3) is 0 Å². The Bertz CT molecular complexity index is 345. The zero-order valence-corrected chi connectivity index (χ0v) is 10.5. The average Bonchev–Trinajstić information content (AvgIpc) is 2.72. The van der Waals surface area contributed by atoms with Crippen LogP contribution in [0.1, 0.15) is 44.9 Å². The van der Waals surface area contributed by atoms with Crippen molar-refractivity contribution in [3.63, 3.8) is 0 Å². The van der Waals surface area contributed by atoms with E-state index in [1.165, 1.54) is 6.42 Å². The summed E-state index contributed by atoms with van der Waals surface area (Å²) in [6.07, 6.45) is 3.11. The minimum absolute atomic E-state index is 0.492. The van der Waals surface area contributed by atoms with E-state index < -0.39 is 0 Å². The normalized spacial score (nSPS) is 25.9. The lowest BCUT2D eigenvalue weighted by Crippen LogP contribution is -2.37. The van der Waals surface area contributed by atoms with E-state index in [-0.39, 0.29) is 0 Å². The highest BCUT2D eigenvalue weighted by Crippen LogP contribution is 2.21. The molecule has 16 heavy (non-hydrogen) atoms. The zero-order chi connectivity index (χ0) is 11.5. The Balaban J connectivity index is 2.20. The van der Waals surface area contributed by atoms with Crippen molar-refractivity contribution in [2.24, 2.45) is 5.92 Å². The fraction of sp³-hybridized carbons (Fsp3) is 0.833. The number of hydrogen-bond acceptors (Lipinski definition) is 3. The van der Waals surface area contributed by atoms with Crippen LogP contribution in [0.2, 0.25) is 0 Å². The summed E-state index contributed by atoms with van der Waals surface area (Å²) < 4.78 is 2.15. The molecule has 1 N–H and O–H groups in total. The Morgan fingerprint density at radius 1 is 1.31 bits per heavy atom. The number of piperidine rings is 1. The highest BCUT2D eigenvalue weighted by atomic mass is 15.4. The van der Waals surface area contributed by atoms with E-state index in [1.807, 2.05) is 0 Å². The molecular formula is C12H22N4. The van der Waals surface area contributed by atoms with Gasteiger partial charge in [0, 0.05) is 19.4 Å². The summed E-state index contributed by atoms with van der Waals surface area (Å²) in [4.78, 5) is 4.57. The third-order valence-electron chi connectivity index (χ3n) is 3.27. The molecule has 1 fully saturated rings. The van der Waals surface area contributed by atoms with E-state index in [4.69, 9.17) is 0 Å². The lowest BCUT2D eigenvalue weighted by molar-refractivity contribution is 0.279. The van der Waals surface area contributed by atoms with Gasteiger partial charge in [0.15, 0.2) is 5.82 Å². The average molecular weight is 222 g/mol. The van der Waals surface area contributed by atoms with Gasteiger partial charge in [-0.05, 0) is 18.9 Å². The van der Waals surface area contributed by atoms with Crippen molar-refractivity contribution in [1.29, 1.82) is 0 Å². The topological polar surface area (TPSA) is 42.7 Å². The van der Waals surface area contributed by atoms with E-state index in [9.17, 15) is 0 Å². The SMILES string of the molecule is CCc1nc(CC)n(C2CNCC(C)C2)n1. The minimum Gasteiger partial charge on any atom is -0.314 e. The predicted molar refractivity (Wildman–Crippen MR) is 64.5 cm³/mol. The fourth-order valence-electron chi connectivity index (χ4n) is 2.40. The zero-order valence-electron chi connectivity index (χ0n) is 10.5. The van der Waals surface area contributed by atoms with Crippen molar-refractivity contribution < 1.29 is 0 Å². The maximum Gasteiger partial charge on any atom is 0.150 e. The Kier molecular flexibility index (Phi) is 3.59. The van der Waals surface area contributed by atoms with Gasteiger partial charge in [0.25, 0.3) is 0 Å². The van der Waals surface area contributed by atoms with Crippen molar-refractivity contribution >= 4 is 0 Å². The van der Waals surface area contributed by atoms with Crippen LogP contribution >= 0.6 is 0 Å². The largest absolute Gasteiger partial charge is 0.314 e. The van der Waals surface area contributed by atoms with Gasteiger partial charge in [-0.1, -0.05) is 20.8 Å². The Morgan fingerprint density at radius 3 is 2.75 bits per heavy atom. The summed E-state index contributed by atoms with van der Waals surface area (Å²) in [6, 6.07) is 0.492. The number of aromatic nitrogens is 3. The molecule has 0 amide bonds. The van der Waals surface area contributed by atoms with Gasteiger partial charge in [0.2, 0.25) is 0 Å². The molecule has 0 spiro atoms. The molecule has 2 heterocycles. The monoisotopic (exact) mass is 222 g/mol. The minimum atomic E-state index is 0.492. The van der Waals surface area contributed by atoms with E-state index in [1.54, 1.807) is 0 Å². The summed E-state index contributed by atoms with van der Waals surface area (Å²) in [5, 5.41) is 8.10. The standard InChI is InChI=1S/C12H22N4/c1-4-11-14-12(5-2)16(15-11)10-6-9(3)7-13-8-10/h9-10,13H,4-8H2,1-3H3. The van der Waals surface area contributed by atoms with Gasteiger partial charge in [0.05, 0.1) is 6.04 Å². The molecule has 4 heteroatoms. The maximum absolute atomic E-state index is 4.62. The molecule has 1 aliphatic rings. The first kappa shape index (κ1) is 11.6. The molecule has 0 radical (unpaired) electrons. The van der Waals surface area contributed by atoms with Crippen molar-refractivity contribution in [1.82, 2.24) is 20.1 Å². The summed E-state index contributed by atoms with van der Waals surface area (Å²) in [5.74, 6) is 2.85. The molecule has 2 atom stereocenters. The van der Waals surface area contributed by atoms with Gasteiger partial charge < -0.3 is 5.32 Å². The van der Waals surface area contributed by atoms with Gasteiger partial charge in [0.1, 0.15) is 5.82 Å². The quantitative estimate of drug-likeness (QED) is 0.844. The number of hydrogen-bond donors (Lipinski definition) is 1. The molecule has 1 aromatic rings. The molecule has 4 nitrogen and oxygen atoms in total. The first-order valence-electron chi connectivity index (χ1n) is 6.39. The van der Waals surface area contributed by atoms with E-state index in [0.717, 1.165) is 43.5 Å². The summed E-state index contributed by atoms with van der Waals surface area (Å²) in [5.41, 5.74) is 0. The lowest BCUT2D eigenvalue weighted by Gasteiger charge is -2.28. The molecule has 1 saturated heterocycles. The van der Waals surface area contributed by atoms with Gasteiger partial charge in [-0.15, -0.1) is 0 Å². The first-order chi connectivity index (χ1) is 7.74. The number of nitrogens with one attached hydrogen (secondary N) is 1. The molecule has 1 aliphatic heterocycles. The molecule has 2 rings (SSSR count). The van der Waals surface area contributed by atoms with Gasteiger partial charge in [-0.25, -0.2) is 9.67 Å². The molecule has 0 bridgehead atoms. The molecule has 0 aromatic carbocycles. The van der Waals surface area contributed by atoms with E-state index >= 15 is 0 Å². The van der Waals surface area contributed by atoms with Crippen molar-refractivity contribution in [3.8, 4) is 0 Å².